The Bertz CT molecular complexity index is 1010. The van der Waals surface area contributed by atoms with E-state index in [-0.39, 0.29) is 0 Å². The molecule has 0 spiro atoms. The first-order valence-electron chi connectivity index (χ1n) is 8.21. The van der Waals surface area contributed by atoms with E-state index in [0.29, 0.717) is 6.61 Å². The highest BCUT2D eigenvalue weighted by atomic mass is 16.5. The lowest BCUT2D eigenvalue weighted by atomic mass is 10.2. The quantitative estimate of drug-likeness (QED) is 0.546. The van der Waals surface area contributed by atoms with Crippen LogP contribution >= 0.6 is 0 Å². The molecule has 25 heavy (non-hydrogen) atoms. The van der Waals surface area contributed by atoms with Gasteiger partial charge in [-0.1, -0.05) is 18.2 Å². The lowest BCUT2D eigenvalue weighted by Gasteiger charge is -2.09. The number of hydrogen-bond acceptors (Lipinski definition) is 6. The van der Waals surface area contributed by atoms with Crippen molar-refractivity contribution in [2.24, 2.45) is 0 Å². The standard InChI is InChI=1S/C18H18N6O/c1-13-21-22-17-9-8-16(23-24(13)17)19-11-4-12-25-15-7-2-5-14-6-3-10-20-18(14)15/h2-3,5-10H,4,11-12H2,1H3,(H,19,23). The molecule has 0 aliphatic rings. The first kappa shape index (κ1) is 15.3. The van der Waals surface area contributed by atoms with Crippen LogP contribution in [0.3, 0.4) is 0 Å². The maximum atomic E-state index is 5.89. The van der Waals surface area contributed by atoms with E-state index in [1.807, 2.05) is 49.4 Å². The molecule has 7 heteroatoms. The van der Waals surface area contributed by atoms with Crippen LogP contribution in [0.2, 0.25) is 0 Å². The van der Waals surface area contributed by atoms with E-state index < -0.39 is 0 Å². The van der Waals surface area contributed by atoms with Crippen molar-refractivity contribution in [1.82, 2.24) is 24.8 Å². The molecule has 4 rings (SSSR count). The third-order valence-electron chi connectivity index (χ3n) is 3.90. The number of ether oxygens (including phenoxy) is 1. The van der Waals surface area contributed by atoms with E-state index in [9.17, 15) is 0 Å². The maximum Gasteiger partial charge on any atom is 0.178 e. The Kier molecular flexibility index (Phi) is 4.12. The zero-order chi connectivity index (χ0) is 17.1. The molecule has 126 valence electrons. The molecular formula is C18H18N6O. The predicted molar refractivity (Wildman–Crippen MR) is 95.9 cm³/mol. The molecule has 0 aliphatic carbocycles. The number of para-hydroxylation sites is 1. The summed E-state index contributed by atoms with van der Waals surface area (Å²) in [6, 6.07) is 13.7. The molecule has 3 heterocycles. The normalized spacial score (nSPS) is 11.1. The first-order chi connectivity index (χ1) is 12.3. The van der Waals surface area contributed by atoms with Crippen molar-refractivity contribution in [2.45, 2.75) is 13.3 Å². The minimum Gasteiger partial charge on any atom is -0.491 e. The summed E-state index contributed by atoms with van der Waals surface area (Å²) >= 11 is 0. The zero-order valence-electron chi connectivity index (χ0n) is 13.9. The van der Waals surface area contributed by atoms with Crippen molar-refractivity contribution >= 4 is 22.4 Å². The van der Waals surface area contributed by atoms with Crippen molar-refractivity contribution in [3.63, 3.8) is 0 Å². The van der Waals surface area contributed by atoms with E-state index in [2.05, 4.69) is 25.6 Å². The Labute approximate surface area is 144 Å². The van der Waals surface area contributed by atoms with Crippen LogP contribution in [0.25, 0.3) is 16.6 Å². The fraction of sp³-hybridized carbons (Fsp3) is 0.222. The number of fused-ring (bicyclic) bond motifs is 2. The Hall–Kier alpha value is -3.22. The summed E-state index contributed by atoms with van der Waals surface area (Å²) in [7, 11) is 0. The fourth-order valence-corrected chi connectivity index (χ4v) is 2.65. The second-order valence-electron chi connectivity index (χ2n) is 5.70. The maximum absolute atomic E-state index is 5.89. The predicted octanol–water partition coefficient (Wildman–Crippen LogP) is 2.86. The molecule has 4 aromatic rings. The van der Waals surface area contributed by atoms with Crippen molar-refractivity contribution in [3.8, 4) is 5.75 Å². The van der Waals surface area contributed by atoms with Gasteiger partial charge in [-0.2, -0.15) is 4.52 Å². The number of anilines is 1. The zero-order valence-corrected chi connectivity index (χ0v) is 13.9. The van der Waals surface area contributed by atoms with Crippen molar-refractivity contribution in [1.29, 1.82) is 0 Å². The van der Waals surface area contributed by atoms with E-state index in [1.165, 1.54) is 0 Å². The van der Waals surface area contributed by atoms with Crippen LogP contribution < -0.4 is 10.1 Å². The number of rotatable bonds is 6. The monoisotopic (exact) mass is 334 g/mol. The van der Waals surface area contributed by atoms with Crippen LogP contribution in [0.1, 0.15) is 12.2 Å². The molecule has 0 bridgehead atoms. The van der Waals surface area contributed by atoms with Gasteiger partial charge in [0.15, 0.2) is 11.5 Å². The first-order valence-corrected chi connectivity index (χ1v) is 8.21. The number of benzene rings is 1. The molecule has 0 saturated heterocycles. The van der Waals surface area contributed by atoms with Crippen molar-refractivity contribution in [3.05, 3.63) is 54.5 Å². The third kappa shape index (κ3) is 3.21. The minimum atomic E-state index is 0.608. The smallest absolute Gasteiger partial charge is 0.178 e. The molecule has 1 N–H and O–H groups in total. The van der Waals surface area contributed by atoms with E-state index in [1.54, 1.807) is 10.7 Å². The Morgan fingerprint density at radius 3 is 2.96 bits per heavy atom. The SMILES string of the molecule is Cc1nnc2ccc(NCCCOc3cccc4cccnc34)nn12. The summed E-state index contributed by atoms with van der Waals surface area (Å²) in [5.41, 5.74) is 1.64. The number of nitrogens with zero attached hydrogens (tertiary/aromatic N) is 5. The number of aromatic nitrogens is 5. The van der Waals surface area contributed by atoms with Gasteiger partial charge in [-0.05, 0) is 37.6 Å². The Morgan fingerprint density at radius 1 is 1.08 bits per heavy atom. The average Bonchev–Trinajstić information content (AvgIpc) is 3.02. The highest BCUT2D eigenvalue weighted by Gasteiger charge is 2.04. The highest BCUT2D eigenvalue weighted by Crippen LogP contribution is 2.22. The Morgan fingerprint density at radius 2 is 2.00 bits per heavy atom. The van der Waals surface area contributed by atoms with Crippen LogP contribution in [0.5, 0.6) is 5.75 Å². The molecule has 0 amide bonds. The van der Waals surface area contributed by atoms with Gasteiger partial charge in [0.1, 0.15) is 17.1 Å². The van der Waals surface area contributed by atoms with Gasteiger partial charge in [0.05, 0.1) is 6.61 Å². The molecule has 3 aromatic heterocycles. The summed E-state index contributed by atoms with van der Waals surface area (Å²) < 4.78 is 7.61. The molecule has 1 aromatic carbocycles. The van der Waals surface area contributed by atoms with Gasteiger partial charge in [-0.3, -0.25) is 4.98 Å². The van der Waals surface area contributed by atoms with Crippen LogP contribution in [0.4, 0.5) is 5.82 Å². The average molecular weight is 334 g/mol. The number of aryl methyl sites for hydroxylation is 1. The molecule has 0 atom stereocenters. The second kappa shape index (κ2) is 6.72. The van der Waals surface area contributed by atoms with E-state index >= 15 is 0 Å². The molecular weight excluding hydrogens is 316 g/mol. The highest BCUT2D eigenvalue weighted by molar-refractivity contribution is 5.84. The summed E-state index contributed by atoms with van der Waals surface area (Å²) in [5, 5.41) is 16.9. The van der Waals surface area contributed by atoms with Gasteiger partial charge in [-0.15, -0.1) is 15.3 Å². The minimum absolute atomic E-state index is 0.608. The third-order valence-corrected chi connectivity index (χ3v) is 3.90. The van der Waals surface area contributed by atoms with Crippen molar-refractivity contribution in [2.75, 3.05) is 18.5 Å². The lowest BCUT2D eigenvalue weighted by Crippen LogP contribution is -2.10. The lowest BCUT2D eigenvalue weighted by molar-refractivity contribution is 0.318. The second-order valence-corrected chi connectivity index (χ2v) is 5.70. The largest absolute Gasteiger partial charge is 0.491 e. The molecule has 0 fully saturated rings. The number of pyridine rings is 1. The number of hydrogen-bond donors (Lipinski definition) is 1. The fourth-order valence-electron chi connectivity index (χ4n) is 2.65. The molecule has 7 nitrogen and oxygen atoms in total. The summed E-state index contributed by atoms with van der Waals surface area (Å²) in [6.07, 6.45) is 2.63. The topological polar surface area (TPSA) is 77.2 Å². The van der Waals surface area contributed by atoms with Gasteiger partial charge in [0.25, 0.3) is 0 Å². The van der Waals surface area contributed by atoms with Crippen molar-refractivity contribution < 1.29 is 4.74 Å². The molecule has 0 saturated carbocycles. The van der Waals surface area contributed by atoms with Gasteiger partial charge >= 0.3 is 0 Å². The van der Waals surface area contributed by atoms with Crippen LogP contribution in [0, 0.1) is 6.92 Å². The summed E-state index contributed by atoms with van der Waals surface area (Å²) in [4.78, 5) is 4.39. The van der Waals surface area contributed by atoms with Gasteiger partial charge in [-0.25, -0.2) is 0 Å². The van der Waals surface area contributed by atoms with Crippen LogP contribution in [-0.2, 0) is 0 Å². The van der Waals surface area contributed by atoms with Gasteiger partial charge in [0.2, 0.25) is 0 Å². The van der Waals surface area contributed by atoms with Gasteiger partial charge < -0.3 is 10.1 Å². The summed E-state index contributed by atoms with van der Waals surface area (Å²) in [6.45, 7) is 3.25. The van der Waals surface area contributed by atoms with Crippen LogP contribution in [0.15, 0.2) is 48.7 Å². The molecule has 0 unspecified atom stereocenters. The Balaban J connectivity index is 1.32. The van der Waals surface area contributed by atoms with Crippen LogP contribution in [-0.4, -0.2) is 37.9 Å². The number of nitrogens with one attached hydrogen (secondary N) is 1. The summed E-state index contributed by atoms with van der Waals surface area (Å²) in [5.74, 6) is 2.38. The molecule has 0 aliphatic heterocycles. The van der Waals surface area contributed by atoms with E-state index in [0.717, 1.165) is 46.9 Å². The van der Waals surface area contributed by atoms with E-state index in [4.69, 9.17) is 4.74 Å². The molecule has 0 radical (unpaired) electrons. The van der Waals surface area contributed by atoms with Gasteiger partial charge in [0, 0.05) is 18.1 Å².